The number of likely N-dealkylation sites (tertiary alicyclic amines) is 1. The minimum Gasteiger partial charge on any atom is -0.368 e. The van der Waals surface area contributed by atoms with Gasteiger partial charge in [-0.15, -0.1) is 0 Å². The summed E-state index contributed by atoms with van der Waals surface area (Å²) in [6.45, 7) is 6.94. The summed E-state index contributed by atoms with van der Waals surface area (Å²) >= 11 is 0. The molecule has 1 aliphatic heterocycles. The first-order chi connectivity index (χ1) is 9.07. The molecule has 0 aromatic carbocycles. The van der Waals surface area contributed by atoms with Crippen molar-refractivity contribution in [3.63, 3.8) is 0 Å². The highest BCUT2D eigenvalue weighted by Gasteiger charge is 2.37. The highest BCUT2D eigenvalue weighted by Crippen LogP contribution is 2.36. The maximum absolute atomic E-state index is 11.7. The van der Waals surface area contributed by atoms with E-state index < -0.39 is 5.54 Å². The van der Waals surface area contributed by atoms with Crippen LogP contribution in [0.1, 0.15) is 52.4 Å². The molecular weight excluding hydrogens is 238 g/mol. The molecule has 3 unspecified atom stereocenters. The number of hydrogen-bond donors (Lipinski definition) is 2. The number of amides is 1. The van der Waals surface area contributed by atoms with Crippen molar-refractivity contribution < 1.29 is 4.79 Å². The van der Waals surface area contributed by atoms with Crippen LogP contribution in [0.25, 0.3) is 0 Å². The summed E-state index contributed by atoms with van der Waals surface area (Å²) in [5.41, 5.74) is 5.00. The minimum atomic E-state index is -0.555. The topological polar surface area (TPSA) is 58.4 Å². The highest BCUT2D eigenvalue weighted by molar-refractivity contribution is 5.84. The van der Waals surface area contributed by atoms with Crippen molar-refractivity contribution in [3.05, 3.63) is 0 Å². The Hall–Kier alpha value is -0.610. The largest absolute Gasteiger partial charge is 0.368 e. The Morgan fingerprint density at radius 2 is 2.11 bits per heavy atom. The Morgan fingerprint density at radius 3 is 2.79 bits per heavy atom. The minimum absolute atomic E-state index is 0.227. The molecule has 0 aromatic heterocycles. The maximum atomic E-state index is 11.7. The third kappa shape index (κ3) is 3.29. The van der Waals surface area contributed by atoms with Crippen LogP contribution in [0.3, 0.4) is 0 Å². The van der Waals surface area contributed by atoms with Gasteiger partial charge in [-0.25, -0.2) is 0 Å². The third-order valence-corrected chi connectivity index (χ3v) is 5.12. The fourth-order valence-corrected chi connectivity index (χ4v) is 3.89. The van der Waals surface area contributed by atoms with E-state index >= 15 is 0 Å². The van der Waals surface area contributed by atoms with E-state index in [4.69, 9.17) is 5.73 Å². The van der Waals surface area contributed by atoms with Crippen molar-refractivity contribution in [1.29, 1.82) is 0 Å². The van der Waals surface area contributed by atoms with E-state index in [1.807, 2.05) is 13.8 Å². The van der Waals surface area contributed by atoms with Crippen LogP contribution in [0.15, 0.2) is 0 Å². The normalized spacial score (nSPS) is 30.8. The van der Waals surface area contributed by atoms with Gasteiger partial charge < -0.3 is 16.0 Å². The number of piperidine rings is 1. The molecule has 2 rings (SSSR count). The molecule has 3 atom stereocenters. The Kier molecular flexibility index (Phi) is 4.85. The van der Waals surface area contributed by atoms with Crippen LogP contribution in [0.2, 0.25) is 0 Å². The number of primary amides is 1. The van der Waals surface area contributed by atoms with E-state index in [1.54, 1.807) is 0 Å². The summed E-state index contributed by atoms with van der Waals surface area (Å²) in [5.74, 6) is 0.682. The van der Waals surface area contributed by atoms with Gasteiger partial charge in [0.2, 0.25) is 5.91 Å². The van der Waals surface area contributed by atoms with Gasteiger partial charge in [0.05, 0.1) is 5.54 Å². The third-order valence-electron chi connectivity index (χ3n) is 5.12. The first-order valence-electron chi connectivity index (χ1n) is 7.86. The fraction of sp³-hybridized carbons (Fsp3) is 0.933. The van der Waals surface area contributed by atoms with Gasteiger partial charge in [-0.05, 0) is 58.0 Å². The number of nitrogens with one attached hydrogen (secondary N) is 1. The van der Waals surface area contributed by atoms with E-state index in [1.165, 1.54) is 38.6 Å². The van der Waals surface area contributed by atoms with Gasteiger partial charge >= 0.3 is 0 Å². The number of hydrogen-bond acceptors (Lipinski definition) is 3. The smallest absolute Gasteiger partial charge is 0.237 e. The molecule has 1 aliphatic carbocycles. The molecule has 2 aliphatic rings. The van der Waals surface area contributed by atoms with Crippen molar-refractivity contribution in [1.82, 2.24) is 10.2 Å². The molecule has 1 saturated heterocycles. The second-order valence-electron chi connectivity index (χ2n) is 6.41. The number of likely N-dealkylation sites (N-methyl/N-ethyl adjacent to an activating group) is 1. The van der Waals surface area contributed by atoms with E-state index in [2.05, 4.69) is 10.2 Å². The van der Waals surface area contributed by atoms with Crippen molar-refractivity contribution in [2.24, 2.45) is 11.7 Å². The first kappa shape index (κ1) is 14.8. The van der Waals surface area contributed by atoms with Gasteiger partial charge in [0, 0.05) is 12.6 Å². The zero-order valence-electron chi connectivity index (χ0n) is 12.5. The summed E-state index contributed by atoms with van der Waals surface area (Å²) < 4.78 is 0. The average Bonchev–Trinajstić information content (AvgIpc) is 2.85. The van der Waals surface area contributed by atoms with Crippen molar-refractivity contribution in [2.45, 2.75) is 64.0 Å². The van der Waals surface area contributed by atoms with Crippen LogP contribution < -0.4 is 11.1 Å². The average molecular weight is 267 g/mol. The lowest BCUT2D eigenvalue weighted by atomic mass is 9.90. The van der Waals surface area contributed by atoms with E-state index in [0.29, 0.717) is 0 Å². The van der Waals surface area contributed by atoms with E-state index in [-0.39, 0.29) is 5.91 Å². The van der Waals surface area contributed by atoms with Crippen molar-refractivity contribution in [2.75, 3.05) is 19.6 Å². The lowest BCUT2D eigenvalue weighted by Crippen LogP contribution is -2.55. The van der Waals surface area contributed by atoms with Gasteiger partial charge in [-0.1, -0.05) is 13.3 Å². The lowest BCUT2D eigenvalue weighted by molar-refractivity contribution is -0.124. The molecule has 3 N–H and O–H groups in total. The number of carbonyl (C=O) groups excluding carboxylic acids is 1. The molecular formula is C15H29N3O. The number of nitrogens with zero attached hydrogens (tertiary/aromatic N) is 1. The van der Waals surface area contributed by atoms with Crippen LogP contribution in [-0.4, -0.2) is 42.0 Å². The van der Waals surface area contributed by atoms with Gasteiger partial charge in [-0.2, -0.15) is 0 Å². The Morgan fingerprint density at radius 1 is 1.37 bits per heavy atom. The van der Waals surface area contributed by atoms with Crippen molar-refractivity contribution >= 4 is 5.91 Å². The quantitative estimate of drug-likeness (QED) is 0.766. The highest BCUT2D eigenvalue weighted by atomic mass is 16.1. The summed E-state index contributed by atoms with van der Waals surface area (Å²) in [5, 5.41) is 3.26. The summed E-state index contributed by atoms with van der Waals surface area (Å²) in [6, 6.07) is 0.771. The predicted octanol–water partition coefficient (Wildman–Crippen LogP) is 1.49. The Labute approximate surface area is 117 Å². The SMILES string of the molecule is CCNC(C)(CCN1CCCC2CCCC21)C(N)=O. The van der Waals surface area contributed by atoms with Crippen LogP contribution >= 0.6 is 0 Å². The molecule has 19 heavy (non-hydrogen) atoms. The van der Waals surface area contributed by atoms with Crippen LogP contribution in [0, 0.1) is 5.92 Å². The summed E-state index contributed by atoms with van der Waals surface area (Å²) in [4.78, 5) is 14.3. The monoisotopic (exact) mass is 267 g/mol. The zero-order valence-corrected chi connectivity index (χ0v) is 12.5. The summed E-state index contributed by atoms with van der Waals surface area (Å²) in [7, 11) is 0. The second-order valence-corrected chi connectivity index (χ2v) is 6.41. The lowest BCUT2D eigenvalue weighted by Gasteiger charge is -2.39. The van der Waals surface area contributed by atoms with Crippen LogP contribution in [0.5, 0.6) is 0 Å². The predicted molar refractivity (Wildman–Crippen MR) is 77.8 cm³/mol. The molecule has 1 heterocycles. The van der Waals surface area contributed by atoms with Gasteiger partial charge in [0.15, 0.2) is 0 Å². The van der Waals surface area contributed by atoms with E-state index in [0.717, 1.165) is 31.5 Å². The molecule has 1 saturated carbocycles. The zero-order chi connectivity index (χ0) is 13.9. The maximum Gasteiger partial charge on any atom is 0.237 e. The molecule has 0 bridgehead atoms. The molecule has 1 amide bonds. The molecule has 0 spiro atoms. The van der Waals surface area contributed by atoms with Gasteiger partial charge in [0.25, 0.3) is 0 Å². The molecule has 110 valence electrons. The standard InChI is InChI=1S/C15H29N3O/c1-3-17-15(2,14(16)19)9-11-18-10-5-7-12-6-4-8-13(12)18/h12-13,17H,3-11H2,1-2H3,(H2,16,19). The molecule has 0 aromatic rings. The molecule has 4 nitrogen and oxygen atoms in total. The Balaban J connectivity index is 1.91. The van der Waals surface area contributed by atoms with Crippen molar-refractivity contribution in [3.8, 4) is 0 Å². The van der Waals surface area contributed by atoms with Gasteiger partial charge in [-0.3, -0.25) is 4.79 Å². The fourth-order valence-electron chi connectivity index (χ4n) is 3.89. The molecule has 4 heteroatoms. The van der Waals surface area contributed by atoms with Crippen LogP contribution in [0.4, 0.5) is 0 Å². The van der Waals surface area contributed by atoms with E-state index in [9.17, 15) is 4.79 Å². The number of fused-ring (bicyclic) bond motifs is 1. The Bertz CT molecular complexity index is 321. The molecule has 2 fully saturated rings. The number of rotatable bonds is 6. The van der Waals surface area contributed by atoms with Gasteiger partial charge in [0.1, 0.15) is 0 Å². The molecule has 0 radical (unpaired) electrons. The summed E-state index contributed by atoms with van der Waals surface area (Å²) in [6.07, 6.45) is 7.67. The number of nitrogens with two attached hydrogens (primary N) is 1. The number of carbonyl (C=O) groups is 1. The van der Waals surface area contributed by atoms with Crippen LogP contribution in [-0.2, 0) is 4.79 Å². The second kappa shape index (κ2) is 6.23. The first-order valence-corrected chi connectivity index (χ1v) is 7.86.